The van der Waals surface area contributed by atoms with Crippen LogP contribution in [0.3, 0.4) is 0 Å². The Kier molecular flexibility index (Phi) is 4.44. The van der Waals surface area contributed by atoms with E-state index < -0.39 is 0 Å². The second-order valence-electron chi connectivity index (χ2n) is 6.28. The van der Waals surface area contributed by atoms with Gasteiger partial charge in [-0.3, -0.25) is 4.79 Å². The van der Waals surface area contributed by atoms with Crippen LogP contribution < -0.4 is 5.32 Å². The van der Waals surface area contributed by atoms with Crippen molar-refractivity contribution in [1.82, 2.24) is 10.3 Å². The fourth-order valence-corrected chi connectivity index (χ4v) is 3.23. The number of pyridine rings is 1. The Balaban J connectivity index is 1.69. The number of nitrogens with one attached hydrogen (secondary N) is 1. The maximum atomic E-state index is 12.8. The smallest absolute Gasteiger partial charge is 0.252 e. The van der Waals surface area contributed by atoms with E-state index in [0.29, 0.717) is 12.1 Å². The fourth-order valence-electron chi connectivity index (χ4n) is 3.23. The first-order valence-corrected chi connectivity index (χ1v) is 8.66. The third-order valence-electron chi connectivity index (χ3n) is 4.54. The van der Waals surface area contributed by atoms with Crippen LogP contribution in [0, 0.1) is 0 Å². The zero-order chi connectivity index (χ0) is 17.1. The number of hydrogen-bond acceptors (Lipinski definition) is 3. The van der Waals surface area contributed by atoms with Crippen LogP contribution in [0.15, 0.2) is 60.7 Å². The van der Waals surface area contributed by atoms with E-state index in [1.807, 2.05) is 60.7 Å². The number of amides is 1. The highest BCUT2D eigenvalue weighted by molar-refractivity contribution is 6.07. The van der Waals surface area contributed by atoms with Gasteiger partial charge in [0.1, 0.15) is 0 Å². The Morgan fingerprint density at radius 2 is 1.92 bits per heavy atom. The van der Waals surface area contributed by atoms with Crippen LogP contribution in [-0.2, 0) is 4.74 Å². The summed E-state index contributed by atoms with van der Waals surface area (Å²) in [5.41, 5.74) is 3.29. The molecule has 1 N–H and O–H groups in total. The Morgan fingerprint density at radius 3 is 2.72 bits per heavy atom. The highest BCUT2D eigenvalue weighted by Gasteiger charge is 2.18. The minimum atomic E-state index is -0.0775. The van der Waals surface area contributed by atoms with Gasteiger partial charge in [-0.25, -0.2) is 4.98 Å². The molecule has 4 heteroatoms. The fraction of sp³-hybridized carbons (Fsp3) is 0.238. The summed E-state index contributed by atoms with van der Waals surface area (Å²) in [6.07, 6.45) is 2.20. The van der Waals surface area contributed by atoms with Crippen LogP contribution in [0.2, 0.25) is 0 Å². The molecule has 25 heavy (non-hydrogen) atoms. The third kappa shape index (κ3) is 3.39. The molecule has 0 saturated carbocycles. The molecule has 4 rings (SSSR count). The van der Waals surface area contributed by atoms with Crippen LogP contribution in [0.4, 0.5) is 0 Å². The third-order valence-corrected chi connectivity index (χ3v) is 4.54. The largest absolute Gasteiger partial charge is 0.376 e. The van der Waals surface area contributed by atoms with Crippen molar-refractivity contribution in [2.75, 3.05) is 13.2 Å². The van der Waals surface area contributed by atoms with E-state index in [1.165, 1.54) is 0 Å². The van der Waals surface area contributed by atoms with Gasteiger partial charge in [-0.1, -0.05) is 48.5 Å². The van der Waals surface area contributed by atoms with Crippen LogP contribution >= 0.6 is 0 Å². The molecule has 0 spiro atoms. The lowest BCUT2D eigenvalue weighted by Gasteiger charge is -2.13. The summed E-state index contributed by atoms with van der Waals surface area (Å²) >= 11 is 0. The average molecular weight is 332 g/mol. The summed E-state index contributed by atoms with van der Waals surface area (Å²) in [7, 11) is 0. The van der Waals surface area contributed by atoms with Gasteiger partial charge < -0.3 is 10.1 Å². The average Bonchev–Trinajstić information content (AvgIpc) is 3.19. The Hall–Kier alpha value is -2.72. The molecule has 1 saturated heterocycles. The Labute approximate surface area is 146 Å². The normalized spacial score (nSPS) is 16.9. The van der Waals surface area contributed by atoms with E-state index in [9.17, 15) is 4.79 Å². The summed E-state index contributed by atoms with van der Waals surface area (Å²) in [4.78, 5) is 17.5. The zero-order valence-electron chi connectivity index (χ0n) is 13.9. The molecular weight excluding hydrogens is 312 g/mol. The summed E-state index contributed by atoms with van der Waals surface area (Å²) in [5.74, 6) is -0.0775. The molecule has 2 aromatic carbocycles. The molecule has 126 valence electrons. The Bertz CT molecular complexity index is 887. The molecule has 4 nitrogen and oxygen atoms in total. The van der Waals surface area contributed by atoms with Crippen LogP contribution in [0.1, 0.15) is 23.2 Å². The number of ether oxygens (including phenoxy) is 1. The molecule has 1 atom stereocenters. The molecule has 1 aliphatic heterocycles. The molecule has 1 aromatic heterocycles. The van der Waals surface area contributed by atoms with Crippen molar-refractivity contribution >= 4 is 16.8 Å². The van der Waals surface area contributed by atoms with Crippen molar-refractivity contribution in [2.24, 2.45) is 0 Å². The van der Waals surface area contributed by atoms with E-state index in [1.54, 1.807) is 0 Å². The lowest BCUT2D eigenvalue weighted by atomic mass is 10.0. The zero-order valence-corrected chi connectivity index (χ0v) is 13.9. The van der Waals surface area contributed by atoms with Gasteiger partial charge in [0.15, 0.2) is 0 Å². The van der Waals surface area contributed by atoms with Gasteiger partial charge in [-0.2, -0.15) is 0 Å². The van der Waals surface area contributed by atoms with Gasteiger partial charge in [0, 0.05) is 24.1 Å². The van der Waals surface area contributed by atoms with Gasteiger partial charge in [-0.15, -0.1) is 0 Å². The van der Waals surface area contributed by atoms with Gasteiger partial charge in [0.05, 0.1) is 22.9 Å². The van der Waals surface area contributed by atoms with Crippen molar-refractivity contribution in [1.29, 1.82) is 0 Å². The lowest BCUT2D eigenvalue weighted by Crippen LogP contribution is -2.31. The molecule has 0 aliphatic carbocycles. The van der Waals surface area contributed by atoms with E-state index >= 15 is 0 Å². The number of hydrogen-bond donors (Lipinski definition) is 1. The summed E-state index contributed by atoms with van der Waals surface area (Å²) in [6, 6.07) is 19.6. The Morgan fingerprint density at radius 1 is 1.12 bits per heavy atom. The first-order valence-electron chi connectivity index (χ1n) is 8.66. The van der Waals surface area contributed by atoms with Crippen LogP contribution in [-0.4, -0.2) is 30.1 Å². The maximum Gasteiger partial charge on any atom is 0.252 e. The van der Waals surface area contributed by atoms with Crippen molar-refractivity contribution in [3.8, 4) is 11.3 Å². The standard InChI is InChI=1S/C21H20N2O2/c24-21(22-14-16-9-6-12-25-16)18-13-20(15-7-2-1-3-8-15)23-19-11-5-4-10-17(18)19/h1-5,7-8,10-11,13,16H,6,9,12,14H2,(H,22,24)/t16-/m1/s1. The second kappa shape index (κ2) is 7.03. The first kappa shape index (κ1) is 15.8. The molecule has 3 aromatic rings. The summed E-state index contributed by atoms with van der Waals surface area (Å²) < 4.78 is 5.59. The molecule has 1 amide bonds. The van der Waals surface area contributed by atoms with E-state index in [4.69, 9.17) is 9.72 Å². The molecule has 0 bridgehead atoms. The van der Waals surface area contributed by atoms with E-state index in [0.717, 1.165) is 41.6 Å². The van der Waals surface area contributed by atoms with E-state index in [-0.39, 0.29) is 12.0 Å². The molecular formula is C21H20N2O2. The molecule has 1 aliphatic rings. The minimum absolute atomic E-state index is 0.0775. The predicted octanol–water partition coefficient (Wildman–Crippen LogP) is 3.81. The van der Waals surface area contributed by atoms with Crippen molar-refractivity contribution in [3.63, 3.8) is 0 Å². The lowest BCUT2D eigenvalue weighted by molar-refractivity contribution is 0.0859. The minimum Gasteiger partial charge on any atom is -0.376 e. The van der Waals surface area contributed by atoms with E-state index in [2.05, 4.69) is 5.32 Å². The van der Waals surface area contributed by atoms with Gasteiger partial charge in [0.2, 0.25) is 0 Å². The predicted molar refractivity (Wildman–Crippen MR) is 98.5 cm³/mol. The van der Waals surface area contributed by atoms with Crippen LogP contribution in [0.25, 0.3) is 22.2 Å². The second-order valence-corrected chi connectivity index (χ2v) is 6.28. The molecule has 0 radical (unpaired) electrons. The number of rotatable bonds is 4. The maximum absolute atomic E-state index is 12.8. The van der Waals surface area contributed by atoms with Gasteiger partial charge in [0.25, 0.3) is 5.91 Å². The van der Waals surface area contributed by atoms with Crippen molar-refractivity contribution in [2.45, 2.75) is 18.9 Å². The van der Waals surface area contributed by atoms with Crippen molar-refractivity contribution in [3.05, 3.63) is 66.2 Å². The SMILES string of the molecule is O=C(NC[C@H]1CCCO1)c1cc(-c2ccccc2)nc2ccccc12. The number of carbonyl (C=O) groups excluding carboxylic acids is 1. The van der Waals surface area contributed by atoms with Gasteiger partial charge in [-0.05, 0) is 25.0 Å². The highest BCUT2D eigenvalue weighted by Crippen LogP contribution is 2.24. The number of nitrogens with zero attached hydrogens (tertiary/aromatic N) is 1. The number of carbonyl (C=O) groups is 1. The number of para-hydroxylation sites is 1. The number of fused-ring (bicyclic) bond motifs is 1. The highest BCUT2D eigenvalue weighted by atomic mass is 16.5. The van der Waals surface area contributed by atoms with Gasteiger partial charge >= 0.3 is 0 Å². The molecule has 2 heterocycles. The molecule has 1 fully saturated rings. The molecule has 0 unspecified atom stereocenters. The quantitative estimate of drug-likeness (QED) is 0.790. The number of aromatic nitrogens is 1. The monoisotopic (exact) mass is 332 g/mol. The summed E-state index contributed by atoms with van der Waals surface area (Å²) in [6.45, 7) is 1.34. The first-order chi connectivity index (χ1) is 12.3. The number of benzene rings is 2. The summed E-state index contributed by atoms with van der Waals surface area (Å²) in [5, 5.41) is 3.89. The van der Waals surface area contributed by atoms with Crippen LogP contribution in [0.5, 0.6) is 0 Å². The van der Waals surface area contributed by atoms with Crippen molar-refractivity contribution < 1.29 is 9.53 Å². The topological polar surface area (TPSA) is 51.2 Å².